The van der Waals surface area contributed by atoms with E-state index in [1.165, 1.54) is 0 Å². The molecule has 1 aromatic carbocycles. The Morgan fingerprint density at radius 1 is 1.25 bits per heavy atom. The zero-order valence-electron chi connectivity index (χ0n) is 9.47. The van der Waals surface area contributed by atoms with Crippen LogP contribution < -0.4 is 4.90 Å². The Kier molecular flexibility index (Phi) is 3.80. The summed E-state index contributed by atoms with van der Waals surface area (Å²) in [6.45, 7) is 2.26. The molecule has 1 aromatic rings. The highest BCUT2D eigenvalue weighted by Gasteiger charge is 2.20. The first-order chi connectivity index (χ1) is 7.85. The summed E-state index contributed by atoms with van der Waals surface area (Å²) in [5, 5.41) is 18.5. The monoisotopic (exact) mass is 221 g/mol. The van der Waals surface area contributed by atoms with Crippen molar-refractivity contribution < 1.29 is 10.2 Å². The molecule has 3 nitrogen and oxygen atoms in total. The highest BCUT2D eigenvalue weighted by atomic mass is 16.3. The van der Waals surface area contributed by atoms with E-state index >= 15 is 0 Å². The maximum absolute atomic E-state index is 9.30. The van der Waals surface area contributed by atoms with Gasteiger partial charge in [-0.25, -0.2) is 0 Å². The van der Waals surface area contributed by atoms with Gasteiger partial charge in [-0.15, -0.1) is 0 Å². The molecule has 1 heterocycles. The lowest BCUT2D eigenvalue weighted by molar-refractivity contribution is 0.208. The van der Waals surface area contributed by atoms with Crippen molar-refractivity contribution in [1.29, 1.82) is 0 Å². The van der Waals surface area contributed by atoms with Crippen LogP contribution in [0.4, 0.5) is 5.69 Å². The highest BCUT2D eigenvalue weighted by molar-refractivity contribution is 5.53. The third-order valence-electron chi connectivity index (χ3n) is 3.28. The average molecular weight is 221 g/mol. The summed E-state index contributed by atoms with van der Waals surface area (Å²) in [5.74, 6) is 0.375. The molecule has 16 heavy (non-hydrogen) atoms. The fourth-order valence-corrected chi connectivity index (χ4v) is 2.39. The number of rotatable bonds is 3. The van der Waals surface area contributed by atoms with E-state index in [-0.39, 0.29) is 13.2 Å². The number of benzene rings is 1. The molecule has 0 aromatic heterocycles. The normalized spacial score (nSPS) is 21.1. The molecule has 1 aliphatic rings. The lowest BCUT2D eigenvalue weighted by atomic mass is 9.98. The number of anilines is 1. The van der Waals surface area contributed by atoms with Crippen molar-refractivity contribution in [2.45, 2.75) is 19.4 Å². The molecule has 1 saturated heterocycles. The van der Waals surface area contributed by atoms with Crippen molar-refractivity contribution in [3.05, 3.63) is 29.8 Å². The second-order valence-corrected chi connectivity index (χ2v) is 4.42. The van der Waals surface area contributed by atoms with Gasteiger partial charge < -0.3 is 15.1 Å². The summed E-state index contributed by atoms with van der Waals surface area (Å²) in [7, 11) is 0. The quantitative estimate of drug-likeness (QED) is 0.810. The van der Waals surface area contributed by atoms with E-state index in [1.54, 1.807) is 0 Å². The predicted molar refractivity (Wildman–Crippen MR) is 64.4 cm³/mol. The first-order valence-electron chi connectivity index (χ1n) is 5.89. The van der Waals surface area contributed by atoms with Crippen LogP contribution in [-0.4, -0.2) is 29.9 Å². The molecule has 3 heteroatoms. The molecular weight excluding hydrogens is 202 g/mol. The van der Waals surface area contributed by atoms with Crippen LogP contribution in [-0.2, 0) is 6.61 Å². The molecule has 2 rings (SSSR count). The van der Waals surface area contributed by atoms with E-state index in [9.17, 15) is 10.2 Å². The van der Waals surface area contributed by atoms with Crippen molar-refractivity contribution in [3.63, 3.8) is 0 Å². The molecular formula is C13H19NO2. The molecule has 0 amide bonds. The number of aliphatic hydroxyl groups is 2. The minimum absolute atomic E-state index is 0.0798. The molecule has 1 unspecified atom stereocenters. The van der Waals surface area contributed by atoms with Crippen molar-refractivity contribution in [2.24, 2.45) is 5.92 Å². The summed E-state index contributed by atoms with van der Waals surface area (Å²) < 4.78 is 0. The predicted octanol–water partition coefficient (Wildman–Crippen LogP) is 1.39. The third-order valence-corrected chi connectivity index (χ3v) is 3.28. The molecule has 88 valence electrons. The van der Waals surface area contributed by atoms with Crippen LogP contribution in [0, 0.1) is 5.92 Å². The number of hydrogen-bond donors (Lipinski definition) is 2. The summed E-state index contributed by atoms with van der Waals surface area (Å²) in [4.78, 5) is 2.27. The zero-order chi connectivity index (χ0) is 11.4. The Bertz CT molecular complexity index is 340. The number of piperidine rings is 1. The van der Waals surface area contributed by atoms with Crippen LogP contribution in [0.25, 0.3) is 0 Å². The van der Waals surface area contributed by atoms with Gasteiger partial charge in [0.1, 0.15) is 0 Å². The van der Waals surface area contributed by atoms with Crippen LogP contribution in [0.3, 0.4) is 0 Å². The SMILES string of the molecule is OCc1ccccc1N1CCCC(CO)C1. The smallest absolute Gasteiger partial charge is 0.0702 e. The fraction of sp³-hybridized carbons (Fsp3) is 0.538. The second kappa shape index (κ2) is 5.32. The van der Waals surface area contributed by atoms with Crippen LogP contribution in [0.1, 0.15) is 18.4 Å². The Labute approximate surface area is 96.3 Å². The highest BCUT2D eigenvalue weighted by Crippen LogP contribution is 2.26. The largest absolute Gasteiger partial charge is 0.396 e. The van der Waals surface area contributed by atoms with E-state index in [0.717, 1.165) is 37.2 Å². The van der Waals surface area contributed by atoms with Crippen molar-refractivity contribution in [3.8, 4) is 0 Å². The first-order valence-corrected chi connectivity index (χ1v) is 5.89. The van der Waals surface area contributed by atoms with Crippen molar-refractivity contribution in [2.75, 3.05) is 24.6 Å². The van der Waals surface area contributed by atoms with E-state index in [2.05, 4.69) is 4.90 Å². The number of aliphatic hydroxyl groups excluding tert-OH is 2. The van der Waals surface area contributed by atoms with E-state index in [1.807, 2.05) is 24.3 Å². The van der Waals surface area contributed by atoms with Crippen LogP contribution in [0.15, 0.2) is 24.3 Å². The van der Waals surface area contributed by atoms with Gasteiger partial charge in [0.25, 0.3) is 0 Å². The van der Waals surface area contributed by atoms with Gasteiger partial charge in [-0.05, 0) is 24.8 Å². The van der Waals surface area contributed by atoms with E-state index in [4.69, 9.17) is 0 Å². The molecule has 0 spiro atoms. The van der Waals surface area contributed by atoms with Gasteiger partial charge in [0, 0.05) is 30.9 Å². The molecule has 1 atom stereocenters. The molecule has 0 saturated carbocycles. The third kappa shape index (κ3) is 2.36. The average Bonchev–Trinajstić information content (AvgIpc) is 2.38. The summed E-state index contributed by atoms with van der Waals surface area (Å²) in [6.07, 6.45) is 2.22. The minimum Gasteiger partial charge on any atom is -0.396 e. The van der Waals surface area contributed by atoms with E-state index in [0.29, 0.717) is 5.92 Å². The van der Waals surface area contributed by atoms with Crippen LogP contribution in [0.5, 0.6) is 0 Å². The molecule has 1 aliphatic heterocycles. The first kappa shape index (κ1) is 11.4. The Morgan fingerprint density at radius 3 is 2.81 bits per heavy atom. The number of nitrogens with zero attached hydrogens (tertiary/aromatic N) is 1. The second-order valence-electron chi connectivity index (χ2n) is 4.42. The minimum atomic E-state index is 0.0798. The van der Waals surface area contributed by atoms with Gasteiger partial charge in [-0.1, -0.05) is 18.2 Å². The summed E-state index contributed by atoms with van der Waals surface area (Å²) in [5.41, 5.74) is 2.09. The van der Waals surface area contributed by atoms with Gasteiger partial charge in [0.15, 0.2) is 0 Å². The number of para-hydroxylation sites is 1. The van der Waals surface area contributed by atoms with Crippen molar-refractivity contribution >= 4 is 5.69 Å². The van der Waals surface area contributed by atoms with Gasteiger partial charge in [-0.3, -0.25) is 0 Å². The fourth-order valence-electron chi connectivity index (χ4n) is 2.39. The molecule has 0 radical (unpaired) electrons. The lowest BCUT2D eigenvalue weighted by Gasteiger charge is -2.34. The topological polar surface area (TPSA) is 43.7 Å². The maximum atomic E-state index is 9.30. The maximum Gasteiger partial charge on any atom is 0.0702 e. The van der Waals surface area contributed by atoms with Gasteiger partial charge in [0.05, 0.1) is 6.61 Å². The molecule has 0 aliphatic carbocycles. The molecule has 2 N–H and O–H groups in total. The Hall–Kier alpha value is -1.06. The van der Waals surface area contributed by atoms with Crippen LogP contribution in [0.2, 0.25) is 0 Å². The van der Waals surface area contributed by atoms with Crippen molar-refractivity contribution in [1.82, 2.24) is 0 Å². The zero-order valence-corrected chi connectivity index (χ0v) is 9.47. The van der Waals surface area contributed by atoms with E-state index < -0.39 is 0 Å². The van der Waals surface area contributed by atoms with Gasteiger partial charge in [0.2, 0.25) is 0 Å². The molecule has 0 bridgehead atoms. The summed E-state index contributed by atoms with van der Waals surface area (Å²) in [6, 6.07) is 7.95. The number of hydrogen-bond acceptors (Lipinski definition) is 3. The van der Waals surface area contributed by atoms with Gasteiger partial charge >= 0.3 is 0 Å². The van der Waals surface area contributed by atoms with Crippen LogP contribution >= 0.6 is 0 Å². The summed E-state index contributed by atoms with van der Waals surface area (Å²) >= 11 is 0. The Morgan fingerprint density at radius 2 is 2.06 bits per heavy atom. The Balaban J connectivity index is 2.16. The molecule has 1 fully saturated rings. The lowest BCUT2D eigenvalue weighted by Crippen LogP contribution is -2.37. The van der Waals surface area contributed by atoms with Gasteiger partial charge in [-0.2, -0.15) is 0 Å². The standard InChI is InChI=1S/C13H19NO2/c15-9-11-4-3-7-14(8-11)13-6-2-1-5-12(13)10-16/h1-2,5-6,11,15-16H,3-4,7-10H2.